The highest BCUT2D eigenvalue weighted by atomic mass is 16.5. The van der Waals surface area contributed by atoms with Crippen LogP contribution in [-0.4, -0.2) is 32.7 Å². The van der Waals surface area contributed by atoms with Crippen LogP contribution in [0.3, 0.4) is 0 Å². The minimum absolute atomic E-state index is 0.198. The summed E-state index contributed by atoms with van der Waals surface area (Å²) in [6.07, 6.45) is 5.87. The number of carboxylic acid groups (broad SMARTS) is 1. The van der Waals surface area contributed by atoms with Gasteiger partial charge >= 0.3 is 5.97 Å². The lowest BCUT2D eigenvalue weighted by atomic mass is 10.1. The van der Waals surface area contributed by atoms with Crippen LogP contribution >= 0.6 is 0 Å². The molecule has 6 heteroatoms. The maximum absolute atomic E-state index is 11.0. The Balaban J connectivity index is 1.74. The molecular weight excluding hydrogens is 306 g/mol. The molecule has 1 aromatic carbocycles. The largest absolute Gasteiger partial charge is 0.496 e. The third kappa shape index (κ3) is 3.43. The standard InChI is InChI=1S/C18H17N3O3/c1-24-17-5-3-2-4-13(17)7-9-21-11-16(20-12-21)15-10-14(18(22)23)6-8-19-15/h2-6,8,10-12H,7,9H2,1H3,(H,22,23). The van der Waals surface area contributed by atoms with Crippen molar-refractivity contribution < 1.29 is 14.6 Å². The van der Waals surface area contributed by atoms with Crippen molar-refractivity contribution in [1.29, 1.82) is 0 Å². The van der Waals surface area contributed by atoms with E-state index in [9.17, 15) is 4.79 Å². The number of hydrogen-bond donors (Lipinski definition) is 1. The average Bonchev–Trinajstić information content (AvgIpc) is 3.09. The molecule has 0 unspecified atom stereocenters. The molecule has 2 aromatic heterocycles. The molecule has 0 saturated carbocycles. The van der Waals surface area contributed by atoms with E-state index in [4.69, 9.17) is 9.84 Å². The van der Waals surface area contributed by atoms with E-state index in [1.165, 1.54) is 18.3 Å². The van der Waals surface area contributed by atoms with E-state index in [1.807, 2.05) is 35.0 Å². The fourth-order valence-corrected chi connectivity index (χ4v) is 2.48. The Bertz CT molecular complexity index is 858. The van der Waals surface area contributed by atoms with Gasteiger partial charge in [-0.3, -0.25) is 4.98 Å². The minimum Gasteiger partial charge on any atom is -0.496 e. The van der Waals surface area contributed by atoms with Crippen LogP contribution in [0.5, 0.6) is 5.75 Å². The minimum atomic E-state index is -0.978. The molecular formula is C18H17N3O3. The predicted octanol–water partition coefficient (Wildman–Crippen LogP) is 2.89. The third-order valence-corrected chi connectivity index (χ3v) is 3.73. The van der Waals surface area contributed by atoms with E-state index in [1.54, 1.807) is 13.4 Å². The first-order valence-electron chi connectivity index (χ1n) is 7.51. The molecule has 0 amide bonds. The number of benzene rings is 1. The monoisotopic (exact) mass is 323 g/mol. The van der Waals surface area contributed by atoms with Crippen LogP contribution in [0.4, 0.5) is 0 Å². The van der Waals surface area contributed by atoms with Crippen LogP contribution in [0, 0.1) is 0 Å². The van der Waals surface area contributed by atoms with E-state index in [2.05, 4.69) is 9.97 Å². The number of carbonyl (C=O) groups is 1. The molecule has 0 aliphatic carbocycles. The van der Waals surface area contributed by atoms with Crippen molar-refractivity contribution in [2.75, 3.05) is 7.11 Å². The lowest BCUT2D eigenvalue weighted by Gasteiger charge is -2.08. The molecule has 0 atom stereocenters. The highest BCUT2D eigenvalue weighted by Crippen LogP contribution is 2.19. The van der Waals surface area contributed by atoms with Crippen LogP contribution in [0.2, 0.25) is 0 Å². The number of hydrogen-bond acceptors (Lipinski definition) is 4. The van der Waals surface area contributed by atoms with Gasteiger partial charge in [-0.2, -0.15) is 0 Å². The van der Waals surface area contributed by atoms with Crippen LogP contribution in [0.1, 0.15) is 15.9 Å². The molecule has 3 aromatic rings. The number of ether oxygens (including phenoxy) is 1. The van der Waals surface area contributed by atoms with Gasteiger partial charge in [0.25, 0.3) is 0 Å². The zero-order valence-corrected chi connectivity index (χ0v) is 13.2. The van der Waals surface area contributed by atoms with Gasteiger partial charge in [-0.1, -0.05) is 18.2 Å². The number of carboxylic acids is 1. The summed E-state index contributed by atoms with van der Waals surface area (Å²) in [5, 5.41) is 9.06. The number of para-hydroxylation sites is 1. The van der Waals surface area contributed by atoms with E-state index >= 15 is 0 Å². The summed E-state index contributed by atoms with van der Waals surface area (Å²) in [7, 11) is 1.66. The molecule has 3 rings (SSSR count). The van der Waals surface area contributed by atoms with Gasteiger partial charge in [0.2, 0.25) is 0 Å². The maximum Gasteiger partial charge on any atom is 0.335 e. The lowest BCUT2D eigenvalue weighted by molar-refractivity contribution is 0.0697. The van der Waals surface area contributed by atoms with Crippen molar-refractivity contribution in [3.63, 3.8) is 0 Å². The second-order valence-corrected chi connectivity index (χ2v) is 5.29. The topological polar surface area (TPSA) is 77.2 Å². The smallest absolute Gasteiger partial charge is 0.335 e. The normalized spacial score (nSPS) is 10.5. The van der Waals surface area contributed by atoms with Gasteiger partial charge in [-0.05, 0) is 30.2 Å². The number of nitrogens with zero attached hydrogens (tertiary/aromatic N) is 3. The quantitative estimate of drug-likeness (QED) is 0.755. The van der Waals surface area contributed by atoms with Gasteiger partial charge in [-0.15, -0.1) is 0 Å². The second kappa shape index (κ2) is 6.95. The molecule has 0 fully saturated rings. The van der Waals surface area contributed by atoms with E-state index in [0.29, 0.717) is 11.4 Å². The second-order valence-electron chi connectivity index (χ2n) is 5.29. The Morgan fingerprint density at radius 3 is 2.83 bits per heavy atom. The number of imidazole rings is 1. The molecule has 6 nitrogen and oxygen atoms in total. The number of rotatable bonds is 6. The zero-order valence-electron chi connectivity index (χ0n) is 13.2. The number of aromatic carboxylic acids is 1. The first-order valence-corrected chi connectivity index (χ1v) is 7.51. The average molecular weight is 323 g/mol. The summed E-state index contributed by atoms with van der Waals surface area (Å²) in [6.45, 7) is 0.742. The molecule has 24 heavy (non-hydrogen) atoms. The molecule has 1 N–H and O–H groups in total. The number of aromatic nitrogens is 3. The van der Waals surface area contributed by atoms with Gasteiger partial charge in [0.15, 0.2) is 0 Å². The molecule has 0 radical (unpaired) electrons. The molecule has 0 aliphatic heterocycles. The Labute approximate surface area is 139 Å². The first kappa shape index (κ1) is 15.7. The van der Waals surface area contributed by atoms with Gasteiger partial charge < -0.3 is 14.4 Å². The van der Waals surface area contributed by atoms with Crippen molar-refractivity contribution in [3.05, 3.63) is 66.2 Å². The first-order chi connectivity index (χ1) is 11.7. The van der Waals surface area contributed by atoms with Gasteiger partial charge in [0, 0.05) is 18.9 Å². The Kier molecular flexibility index (Phi) is 4.56. The number of methoxy groups -OCH3 is 1. The zero-order chi connectivity index (χ0) is 16.9. The third-order valence-electron chi connectivity index (χ3n) is 3.73. The summed E-state index contributed by atoms with van der Waals surface area (Å²) in [4.78, 5) is 19.6. The van der Waals surface area contributed by atoms with Crippen molar-refractivity contribution in [3.8, 4) is 17.1 Å². The predicted molar refractivity (Wildman–Crippen MR) is 89.1 cm³/mol. The fourth-order valence-electron chi connectivity index (χ4n) is 2.48. The summed E-state index contributed by atoms with van der Waals surface area (Å²) in [5.74, 6) is -0.108. The summed E-state index contributed by atoms with van der Waals surface area (Å²) in [5.41, 5.74) is 2.52. The van der Waals surface area contributed by atoms with Gasteiger partial charge in [-0.25, -0.2) is 9.78 Å². The van der Waals surface area contributed by atoms with Crippen LogP contribution in [-0.2, 0) is 13.0 Å². The van der Waals surface area contributed by atoms with Gasteiger partial charge in [0.05, 0.1) is 24.7 Å². The number of aryl methyl sites for hydroxylation is 2. The van der Waals surface area contributed by atoms with E-state index in [0.717, 1.165) is 24.3 Å². The van der Waals surface area contributed by atoms with Crippen molar-refractivity contribution in [1.82, 2.24) is 14.5 Å². The molecule has 0 saturated heterocycles. The van der Waals surface area contributed by atoms with Crippen molar-refractivity contribution >= 4 is 5.97 Å². The lowest BCUT2D eigenvalue weighted by Crippen LogP contribution is -2.00. The van der Waals surface area contributed by atoms with Crippen LogP contribution in [0.25, 0.3) is 11.4 Å². The highest BCUT2D eigenvalue weighted by Gasteiger charge is 2.09. The molecule has 122 valence electrons. The molecule has 0 bridgehead atoms. The highest BCUT2D eigenvalue weighted by molar-refractivity contribution is 5.88. The Morgan fingerprint density at radius 1 is 1.21 bits per heavy atom. The maximum atomic E-state index is 11.0. The Morgan fingerprint density at radius 2 is 2.04 bits per heavy atom. The SMILES string of the molecule is COc1ccccc1CCn1cnc(-c2cc(C(=O)O)ccn2)c1. The fraction of sp³-hybridized carbons (Fsp3) is 0.167. The Hall–Kier alpha value is -3.15. The molecule has 0 spiro atoms. The molecule has 0 aliphatic rings. The van der Waals surface area contributed by atoms with Gasteiger partial charge in [0.1, 0.15) is 11.4 Å². The summed E-state index contributed by atoms with van der Waals surface area (Å²) >= 11 is 0. The van der Waals surface area contributed by atoms with E-state index in [-0.39, 0.29) is 5.56 Å². The molecule has 2 heterocycles. The van der Waals surface area contributed by atoms with Crippen molar-refractivity contribution in [2.24, 2.45) is 0 Å². The summed E-state index contributed by atoms with van der Waals surface area (Å²) < 4.78 is 7.31. The number of pyridine rings is 1. The van der Waals surface area contributed by atoms with Crippen LogP contribution in [0.15, 0.2) is 55.1 Å². The van der Waals surface area contributed by atoms with E-state index < -0.39 is 5.97 Å². The van der Waals surface area contributed by atoms with Crippen LogP contribution < -0.4 is 4.74 Å². The van der Waals surface area contributed by atoms with Crippen molar-refractivity contribution in [2.45, 2.75) is 13.0 Å². The summed E-state index contributed by atoms with van der Waals surface area (Å²) in [6, 6.07) is 10.9.